The maximum absolute atomic E-state index is 11.5. The van der Waals surface area contributed by atoms with Crippen LogP contribution in [0.3, 0.4) is 0 Å². The summed E-state index contributed by atoms with van der Waals surface area (Å²) in [4.78, 5) is 13.7. The summed E-state index contributed by atoms with van der Waals surface area (Å²) in [6.45, 7) is 2.24. The molecule has 1 aliphatic heterocycles. The Kier molecular flexibility index (Phi) is 4.14. The summed E-state index contributed by atoms with van der Waals surface area (Å²) >= 11 is 0. The zero-order valence-corrected chi connectivity index (χ0v) is 13.6. The second-order valence-electron chi connectivity index (χ2n) is 7.69. The molecule has 2 atom stereocenters. The standard InChI is InChI=1S/C18H26N2O3/c21-18(22)16-11-20(10-15(16)12-6-7-12)9-14-8-17(19-23-14)13-4-2-1-3-5-13/h8,12-13,15-16H,1-7,9-11H2,(H,21,22)/t15-,16+/m0/s1. The Morgan fingerprint density at radius 1 is 1.22 bits per heavy atom. The van der Waals surface area contributed by atoms with Crippen LogP contribution in [-0.2, 0) is 11.3 Å². The van der Waals surface area contributed by atoms with Crippen LogP contribution in [0.4, 0.5) is 0 Å². The molecule has 0 spiro atoms. The largest absolute Gasteiger partial charge is 0.481 e. The highest BCUT2D eigenvalue weighted by Gasteiger charge is 2.45. The van der Waals surface area contributed by atoms with E-state index in [1.807, 2.05) is 0 Å². The van der Waals surface area contributed by atoms with Crippen molar-refractivity contribution in [2.24, 2.45) is 17.8 Å². The molecule has 5 heteroatoms. The molecule has 2 aliphatic carbocycles. The number of aromatic nitrogens is 1. The predicted molar refractivity (Wildman–Crippen MR) is 84.9 cm³/mol. The Labute approximate surface area is 137 Å². The predicted octanol–water partition coefficient (Wildman–Crippen LogP) is 3.26. The van der Waals surface area contributed by atoms with E-state index < -0.39 is 5.97 Å². The van der Waals surface area contributed by atoms with Crippen LogP contribution in [0.15, 0.2) is 10.6 Å². The summed E-state index contributed by atoms with van der Waals surface area (Å²) < 4.78 is 5.55. The Morgan fingerprint density at radius 2 is 2.00 bits per heavy atom. The van der Waals surface area contributed by atoms with Crippen LogP contribution in [0, 0.1) is 17.8 Å². The van der Waals surface area contributed by atoms with E-state index in [4.69, 9.17) is 4.52 Å². The smallest absolute Gasteiger partial charge is 0.308 e. The topological polar surface area (TPSA) is 66.6 Å². The lowest BCUT2D eigenvalue weighted by Crippen LogP contribution is -2.24. The first kappa shape index (κ1) is 15.2. The molecule has 1 aromatic rings. The number of rotatable bonds is 5. The van der Waals surface area contributed by atoms with Gasteiger partial charge in [0.25, 0.3) is 0 Å². The van der Waals surface area contributed by atoms with E-state index >= 15 is 0 Å². The highest BCUT2D eigenvalue weighted by molar-refractivity contribution is 5.71. The van der Waals surface area contributed by atoms with Crippen molar-refractivity contribution in [3.63, 3.8) is 0 Å². The van der Waals surface area contributed by atoms with Crippen LogP contribution in [-0.4, -0.2) is 34.2 Å². The zero-order valence-electron chi connectivity index (χ0n) is 13.6. The molecule has 0 aromatic carbocycles. The molecule has 0 radical (unpaired) electrons. The van der Waals surface area contributed by atoms with Crippen LogP contribution < -0.4 is 0 Å². The maximum atomic E-state index is 11.5. The highest BCUT2D eigenvalue weighted by atomic mass is 16.5. The fourth-order valence-electron chi connectivity index (χ4n) is 4.52. The first-order valence-corrected chi connectivity index (χ1v) is 9.11. The minimum Gasteiger partial charge on any atom is -0.481 e. The van der Waals surface area contributed by atoms with Gasteiger partial charge < -0.3 is 9.63 Å². The maximum Gasteiger partial charge on any atom is 0.308 e. The van der Waals surface area contributed by atoms with E-state index in [-0.39, 0.29) is 5.92 Å². The average Bonchev–Trinajstić information content (AvgIpc) is 3.15. The summed E-state index contributed by atoms with van der Waals surface area (Å²) in [7, 11) is 0. The molecule has 126 valence electrons. The van der Waals surface area contributed by atoms with Gasteiger partial charge in [-0.2, -0.15) is 0 Å². The molecule has 0 bridgehead atoms. The molecule has 1 aromatic heterocycles. The second kappa shape index (κ2) is 6.27. The van der Waals surface area contributed by atoms with Crippen molar-refractivity contribution in [3.05, 3.63) is 17.5 Å². The Balaban J connectivity index is 1.38. The third kappa shape index (κ3) is 3.30. The Hall–Kier alpha value is -1.36. The van der Waals surface area contributed by atoms with Gasteiger partial charge in [-0.05, 0) is 37.5 Å². The summed E-state index contributed by atoms with van der Waals surface area (Å²) in [5, 5.41) is 13.7. The first-order chi connectivity index (χ1) is 11.2. The average molecular weight is 318 g/mol. The molecule has 1 saturated heterocycles. The molecule has 0 amide bonds. The summed E-state index contributed by atoms with van der Waals surface area (Å²) in [5.74, 6) is 1.58. The van der Waals surface area contributed by atoms with Crippen LogP contribution in [0.5, 0.6) is 0 Å². The number of likely N-dealkylation sites (tertiary alicyclic amines) is 1. The van der Waals surface area contributed by atoms with E-state index in [1.165, 1.54) is 44.9 Å². The van der Waals surface area contributed by atoms with Crippen molar-refractivity contribution in [3.8, 4) is 0 Å². The van der Waals surface area contributed by atoms with Crippen molar-refractivity contribution in [1.29, 1.82) is 0 Å². The zero-order chi connectivity index (χ0) is 15.8. The van der Waals surface area contributed by atoms with Gasteiger partial charge in [-0.15, -0.1) is 0 Å². The third-order valence-corrected chi connectivity index (χ3v) is 5.97. The van der Waals surface area contributed by atoms with Crippen LogP contribution in [0.2, 0.25) is 0 Å². The van der Waals surface area contributed by atoms with Gasteiger partial charge in [0.15, 0.2) is 5.76 Å². The fraction of sp³-hybridized carbons (Fsp3) is 0.778. The molecule has 0 unspecified atom stereocenters. The number of carboxylic acids is 1. The lowest BCUT2D eigenvalue weighted by atomic mass is 9.87. The molecule has 5 nitrogen and oxygen atoms in total. The number of carbonyl (C=O) groups is 1. The third-order valence-electron chi connectivity index (χ3n) is 5.97. The lowest BCUT2D eigenvalue weighted by molar-refractivity contribution is -0.142. The minimum absolute atomic E-state index is 0.205. The molecule has 2 saturated carbocycles. The van der Waals surface area contributed by atoms with Crippen molar-refractivity contribution in [1.82, 2.24) is 10.1 Å². The second-order valence-corrected chi connectivity index (χ2v) is 7.69. The van der Waals surface area contributed by atoms with Gasteiger partial charge >= 0.3 is 5.97 Å². The van der Waals surface area contributed by atoms with Gasteiger partial charge in [0.05, 0.1) is 18.2 Å². The quantitative estimate of drug-likeness (QED) is 0.902. The fourth-order valence-corrected chi connectivity index (χ4v) is 4.52. The first-order valence-electron chi connectivity index (χ1n) is 9.11. The molecule has 23 heavy (non-hydrogen) atoms. The number of nitrogens with zero attached hydrogens (tertiary/aromatic N) is 2. The van der Waals surface area contributed by atoms with Crippen molar-refractivity contribution < 1.29 is 14.4 Å². The number of carboxylic acid groups (broad SMARTS) is 1. The molecule has 3 fully saturated rings. The van der Waals surface area contributed by atoms with E-state index in [2.05, 4.69) is 16.1 Å². The van der Waals surface area contributed by atoms with Crippen molar-refractivity contribution in [2.45, 2.75) is 57.4 Å². The van der Waals surface area contributed by atoms with Gasteiger partial charge in [0, 0.05) is 25.1 Å². The Morgan fingerprint density at radius 3 is 2.70 bits per heavy atom. The van der Waals surface area contributed by atoms with E-state index in [0.717, 1.165) is 18.0 Å². The van der Waals surface area contributed by atoms with E-state index in [1.54, 1.807) is 0 Å². The van der Waals surface area contributed by atoms with Gasteiger partial charge in [-0.1, -0.05) is 24.4 Å². The van der Waals surface area contributed by atoms with E-state index in [0.29, 0.717) is 30.8 Å². The van der Waals surface area contributed by atoms with Gasteiger partial charge in [-0.25, -0.2) is 0 Å². The van der Waals surface area contributed by atoms with Gasteiger partial charge in [0.2, 0.25) is 0 Å². The molecule has 2 heterocycles. The van der Waals surface area contributed by atoms with E-state index in [9.17, 15) is 9.90 Å². The number of hydrogen-bond acceptors (Lipinski definition) is 4. The Bertz CT molecular complexity index is 560. The SMILES string of the molecule is O=C(O)[C@@H]1CN(Cc2cc(C3CCCCC3)no2)C[C@H]1C1CC1. The monoisotopic (exact) mass is 318 g/mol. The molecular formula is C18H26N2O3. The highest BCUT2D eigenvalue weighted by Crippen LogP contribution is 2.44. The van der Waals surface area contributed by atoms with Crippen LogP contribution >= 0.6 is 0 Å². The number of hydrogen-bond donors (Lipinski definition) is 1. The minimum atomic E-state index is -0.634. The van der Waals surface area contributed by atoms with Gasteiger partial charge in [0.1, 0.15) is 0 Å². The number of aliphatic carboxylic acids is 1. The molecule has 4 rings (SSSR count). The lowest BCUT2D eigenvalue weighted by Gasteiger charge is -2.18. The summed E-state index contributed by atoms with van der Waals surface area (Å²) in [5.41, 5.74) is 1.10. The van der Waals surface area contributed by atoms with Crippen LogP contribution in [0.25, 0.3) is 0 Å². The normalized spacial score (nSPS) is 29.9. The van der Waals surface area contributed by atoms with Crippen molar-refractivity contribution >= 4 is 5.97 Å². The summed E-state index contributed by atoms with van der Waals surface area (Å²) in [6, 6.07) is 2.11. The van der Waals surface area contributed by atoms with Crippen molar-refractivity contribution in [2.75, 3.05) is 13.1 Å². The molecular weight excluding hydrogens is 292 g/mol. The summed E-state index contributed by atoms with van der Waals surface area (Å²) in [6.07, 6.45) is 8.78. The van der Waals surface area contributed by atoms with Crippen LogP contribution in [0.1, 0.15) is 62.3 Å². The molecule has 3 aliphatic rings. The van der Waals surface area contributed by atoms with Gasteiger partial charge in [-0.3, -0.25) is 9.69 Å². The molecule has 1 N–H and O–H groups in total.